The number of nitrogens with zero attached hydrogens (tertiary/aromatic N) is 1. The molecule has 0 atom stereocenters. The maximum atomic E-state index is 12.0. The van der Waals surface area contributed by atoms with Crippen molar-refractivity contribution in [2.24, 2.45) is 0 Å². The summed E-state index contributed by atoms with van der Waals surface area (Å²) in [4.78, 5) is 18.8. The molecule has 0 aliphatic carbocycles. The van der Waals surface area contributed by atoms with E-state index in [1.807, 2.05) is 0 Å². The summed E-state index contributed by atoms with van der Waals surface area (Å²) in [6, 6.07) is 7.01. The number of aliphatic hydroxyl groups excluding tert-OH is 1. The van der Waals surface area contributed by atoms with Crippen LogP contribution in [0.4, 0.5) is 0 Å². The Morgan fingerprint density at radius 1 is 1.42 bits per heavy atom. The average Bonchev–Trinajstić information content (AvgIpc) is 2.96. The van der Waals surface area contributed by atoms with E-state index in [0.29, 0.717) is 17.7 Å². The summed E-state index contributed by atoms with van der Waals surface area (Å²) in [6.07, 6.45) is 3.21. The molecule has 19 heavy (non-hydrogen) atoms. The molecule has 1 heterocycles. The summed E-state index contributed by atoms with van der Waals surface area (Å²) in [5.41, 5.74) is 1.91. The first-order valence-corrected chi connectivity index (χ1v) is 5.75. The third-order valence-corrected chi connectivity index (χ3v) is 2.47. The van der Waals surface area contributed by atoms with Crippen molar-refractivity contribution in [1.82, 2.24) is 15.3 Å². The molecule has 1 aromatic heterocycles. The predicted octanol–water partition coefficient (Wildman–Crippen LogP) is 0.684. The highest BCUT2D eigenvalue weighted by atomic mass is 16.2. The number of aliphatic hydroxyl groups is 1. The Morgan fingerprint density at radius 2 is 2.26 bits per heavy atom. The monoisotopic (exact) mass is 255 g/mol. The summed E-state index contributed by atoms with van der Waals surface area (Å²) in [7, 11) is 0. The van der Waals surface area contributed by atoms with Crippen molar-refractivity contribution in [2.45, 2.75) is 6.54 Å². The summed E-state index contributed by atoms with van der Waals surface area (Å²) in [5.74, 6) is 5.08. The number of hydrogen-bond acceptors (Lipinski definition) is 3. The van der Waals surface area contributed by atoms with Gasteiger partial charge < -0.3 is 15.4 Å². The topological polar surface area (TPSA) is 78.0 Å². The number of benzene rings is 1. The second-order valence-corrected chi connectivity index (χ2v) is 3.76. The van der Waals surface area contributed by atoms with Crippen LogP contribution in [0.1, 0.15) is 21.6 Å². The number of aromatic nitrogens is 2. The highest BCUT2D eigenvalue weighted by Gasteiger charge is 2.09. The van der Waals surface area contributed by atoms with E-state index in [4.69, 9.17) is 5.11 Å². The van der Waals surface area contributed by atoms with Gasteiger partial charge in [-0.15, -0.1) is 0 Å². The van der Waals surface area contributed by atoms with E-state index in [2.05, 4.69) is 27.1 Å². The summed E-state index contributed by atoms with van der Waals surface area (Å²) in [5, 5.41) is 11.5. The largest absolute Gasteiger partial charge is 0.384 e. The van der Waals surface area contributed by atoms with Gasteiger partial charge in [0.15, 0.2) is 0 Å². The van der Waals surface area contributed by atoms with Crippen molar-refractivity contribution < 1.29 is 9.90 Å². The van der Waals surface area contributed by atoms with Gasteiger partial charge in [-0.05, 0) is 12.1 Å². The molecule has 1 amide bonds. The second kappa shape index (κ2) is 6.38. The van der Waals surface area contributed by atoms with Gasteiger partial charge in [0.05, 0.1) is 24.1 Å². The SMILES string of the molecule is O=C(NCc1cnc[nH]1)c1ccccc1C#CCO. The number of carbonyl (C=O) groups is 1. The van der Waals surface area contributed by atoms with Crippen LogP contribution in [0.25, 0.3) is 0 Å². The van der Waals surface area contributed by atoms with Gasteiger partial charge in [0.25, 0.3) is 5.91 Å². The number of carbonyl (C=O) groups excluding carboxylic acids is 1. The van der Waals surface area contributed by atoms with Crippen LogP contribution in [0.5, 0.6) is 0 Å². The van der Waals surface area contributed by atoms with E-state index in [0.717, 1.165) is 5.69 Å². The van der Waals surface area contributed by atoms with Crippen molar-refractivity contribution in [1.29, 1.82) is 0 Å². The number of hydrogen-bond donors (Lipinski definition) is 3. The molecule has 5 heteroatoms. The van der Waals surface area contributed by atoms with Crippen LogP contribution in [0, 0.1) is 11.8 Å². The zero-order valence-corrected chi connectivity index (χ0v) is 10.2. The Hall–Kier alpha value is -2.58. The molecule has 5 nitrogen and oxygen atoms in total. The van der Waals surface area contributed by atoms with E-state index in [1.54, 1.807) is 36.8 Å². The Bertz CT molecular complexity index is 609. The zero-order chi connectivity index (χ0) is 13.5. The van der Waals surface area contributed by atoms with Crippen LogP contribution in [0.3, 0.4) is 0 Å². The molecular weight excluding hydrogens is 242 g/mol. The van der Waals surface area contributed by atoms with Gasteiger partial charge in [-0.2, -0.15) is 0 Å². The first kappa shape index (κ1) is 12.9. The molecule has 96 valence electrons. The third kappa shape index (κ3) is 3.44. The highest BCUT2D eigenvalue weighted by molar-refractivity contribution is 5.96. The van der Waals surface area contributed by atoms with E-state index in [1.165, 1.54) is 0 Å². The lowest BCUT2D eigenvalue weighted by molar-refractivity contribution is 0.0950. The van der Waals surface area contributed by atoms with Gasteiger partial charge in [0, 0.05) is 11.8 Å². The fourth-order valence-corrected chi connectivity index (χ4v) is 1.58. The van der Waals surface area contributed by atoms with Crippen molar-refractivity contribution in [3.63, 3.8) is 0 Å². The van der Waals surface area contributed by atoms with Crippen LogP contribution < -0.4 is 5.32 Å². The highest BCUT2D eigenvalue weighted by Crippen LogP contribution is 2.07. The van der Waals surface area contributed by atoms with Gasteiger partial charge in [-0.25, -0.2) is 4.98 Å². The normalized spacial score (nSPS) is 9.53. The number of rotatable bonds is 3. The minimum Gasteiger partial charge on any atom is -0.384 e. The maximum Gasteiger partial charge on any atom is 0.252 e. The molecule has 0 aliphatic rings. The molecule has 0 bridgehead atoms. The smallest absolute Gasteiger partial charge is 0.252 e. The minimum atomic E-state index is -0.232. The molecular formula is C14H13N3O2. The first-order valence-electron chi connectivity index (χ1n) is 5.75. The summed E-state index contributed by atoms with van der Waals surface area (Å²) < 4.78 is 0. The molecule has 1 aromatic carbocycles. The second-order valence-electron chi connectivity index (χ2n) is 3.76. The maximum absolute atomic E-state index is 12.0. The van der Waals surface area contributed by atoms with Crippen LogP contribution in [-0.4, -0.2) is 27.6 Å². The van der Waals surface area contributed by atoms with Crippen LogP contribution in [0.15, 0.2) is 36.8 Å². The Labute approximate surface area is 110 Å². The van der Waals surface area contributed by atoms with Gasteiger partial charge >= 0.3 is 0 Å². The summed E-state index contributed by atoms with van der Waals surface area (Å²) in [6.45, 7) is 0.144. The number of imidazole rings is 1. The predicted molar refractivity (Wildman–Crippen MR) is 70.2 cm³/mol. The number of amides is 1. The molecule has 0 unspecified atom stereocenters. The molecule has 0 spiro atoms. The van der Waals surface area contributed by atoms with E-state index >= 15 is 0 Å². The number of aromatic amines is 1. The van der Waals surface area contributed by atoms with Crippen molar-refractivity contribution in [2.75, 3.05) is 6.61 Å². The lowest BCUT2D eigenvalue weighted by Gasteiger charge is -2.05. The van der Waals surface area contributed by atoms with Gasteiger partial charge in [-0.1, -0.05) is 24.0 Å². The zero-order valence-electron chi connectivity index (χ0n) is 10.2. The average molecular weight is 255 g/mol. The number of nitrogens with one attached hydrogen (secondary N) is 2. The molecule has 2 rings (SSSR count). The van der Waals surface area contributed by atoms with Gasteiger partial charge in [-0.3, -0.25) is 4.79 Å². The standard InChI is InChI=1S/C14H13N3O2/c18-7-3-5-11-4-1-2-6-13(11)14(19)16-9-12-8-15-10-17-12/h1-2,4,6,8,10,18H,7,9H2,(H,15,17)(H,16,19). The molecule has 0 saturated heterocycles. The minimum absolute atomic E-state index is 0.211. The van der Waals surface area contributed by atoms with Gasteiger partial charge in [0.1, 0.15) is 6.61 Å². The molecule has 0 saturated carbocycles. The van der Waals surface area contributed by atoms with E-state index < -0.39 is 0 Å². The fourth-order valence-electron chi connectivity index (χ4n) is 1.58. The van der Waals surface area contributed by atoms with E-state index in [-0.39, 0.29) is 12.5 Å². The lowest BCUT2D eigenvalue weighted by Crippen LogP contribution is -2.23. The molecule has 2 aromatic rings. The Kier molecular flexibility index (Phi) is 4.32. The summed E-state index contributed by atoms with van der Waals surface area (Å²) >= 11 is 0. The molecule has 0 fully saturated rings. The molecule has 0 radical (unpaired) electrons. The first-order chi connectivity index (χ1) is 9.31. The Morgan fingerprint density at radius 3 is 3.00 bits per heavy atom. The fraction of sp³-hybridized carbons (Fsp3) is 0.143. The Balaban J connectivity index is 2.10. The van der Waals surface area contributed by atoms with Gasteiger partial charge in [0.2, 0.25) is 0 Å². The van der Waals surface area contributed by atoms with Crippen molar-refractivity contribution >= 4 is 5.91 Å². The van der Waals surface area contributed by atoms with Crippen LogP contribution >= 0.6 is 0 Å². The molecule has 0 aliphatic heterocycles. The van der Waals surface area contributed by atoms with Crippen molar-refractivity contribution in [3.05, 3.63) is 53.6 Å². The molecule has 3 N–H and O–H groups in total. The number of H-pyrrole nitrogens is 1. The van der Waals surface area contributed by atoms with Crippen LogP contribution in [0.2, 0.25) is 0 Å². The van der Waals surface area contributed by atoms with E-state index in [9.17, 15) is 4.79 Å². The third-order valence-electron chi connectivity index (χ3n) is 2.47. The quantitative estimate of drug-likeness (QED) is 0.706. The van der Waals surface area contributed by atoms with Crippen LogP contribution in [-0.2, 0) is 6.54 Å². The lowest BCUT2D eigenvalue weighted by atomic mass is 10.1. The van der Waals surface area contributed by atoms with Crippen molar-refractivity contribution in [3.8, 4) is 11.8 Å².